The van der Waals surface area contributed by atoms with Gasteiger partial charge in [0.25, 0.3) is 0 Å². The van der Waals surface area contributed by atoms with E-state index in [-0.39, 0.29) is 12.0 Å². The van der Waals surface area contributed by atoms with Crippen LogP contribution in [0.2, 0.25) is 0 Å². The first kappa shape index (κ1) is 15.4. The topological polar surface area (TPSA) is 41.6 Å². The van der Waals surface area contributed by atoms with Gasteiger partial charge < -0.3 is 15.0 Å². The molecular formula is C14H28N2O2. The van der Waals surface area contributed by atoms with Crippen molar-refractivity contribution >= 4 is 5.97 Å². The minimum atomic E-state index is -0.158. The summed E-state index contributed by atoms with van der Waals surface area (Å²) < 4.78 is 5.08. The van der Waals surface area contributed by atoms with Crippen LogP contribution in [0, 0.1) is 11.8 Å². The molecule has 0 aromatic heterocycles. The first-order valence-electron chi connectivity index (χ1n) is 7.17. The first-order chi connectivity index (χ1) is 8.58. The third kappa shape index (κ3) is 5.36. The second-order valence-electron chi connectivity index (χ2n) is 5.39. The van der Waals surface area contributed by atoms with Gasteiger partial charge in [-0.25, -0.2) is 0 Å². The molecule has 0 amide bonds. The lowest BCUT2D eigenvalue weighted by Crippen LogP contribution is -2.40. The molecule has 0 spiro atoms. The maximum Gasteiger partial charge on any atom is 0.323 e. The summed E-state index contributed by atoms with van der Waals surface area (Å²) >= 11 is 0. The molecule has 3 atom stereocenters. The van der Waals surface area contributed by atoms with E-state index in [1.54, 1.807) is 0 Å². The van der Waals surface area contributed by atoms with Gasteiger partial charge in [0, 0.05) is 6.54 Å². The van der Waals surface area contributed by atoms with Crippen molar-refractivity contribution in [3.8, 4) is 0 Å². The van der Waals surface area contributed by atoms with Gasteiger partial charge in [-0.15, -0.1) is 0 Å². The second kappa shape index (κ2) is 7.74. The van der Waals surface area contributed by atoms with Crippen LogP contribution in [0.3, 0.4) is 0 Å². The van der Waals surface area contributed by atoms with Crippen LogP contribution in [-0.2, 0) is 9.53 Å². The summed E-state index contributed by atoms with van der Waals surface area (Å²) in [5, 5.41) is 3.20. The Balaban J connectivity index is 2.24. The molecule has 0 saturated heterocycles. The number of carbonyl (C=O) groups excluding carboxylic acids is 1. The predicted molar refractivity (Wildman–Crippen MR) is 73.5 cm³/mol. The summed E-state index contributed by atoms with van der Waals surface area (Å²) in [6.45, 7) is 9.52. The van der Waals surface area contributed by atoms with Crippen LogP contribution in [0.1, 0.15) is 33.6 Å². The molecule has 0 radical (unpaired) electrons. The Bertz CT molecular complexity index is 258. The highest BCUT2D eigenvalue weighted by molar-refractivity contribution is 5.75. The molecule has 106 valence electrons. The minimum Gasteiger partial charge on any atom is -0.465 e. The van der Waals surface area contributed by atoms with Crippen LogP contribution in [-0.4, -0.2) is 50.2 Å². The summed E-state index contributed by atoms with van der Waals surface area (Å²) in [6, 6.07) is -0.158. The highest BCUT2D eigenvalue weighted by Crippen LogP contribution is 2.37. The quantitative estimate of drug-likeness (QED) is 0.635. The van der Waals surface area contributed by atoms with Gasteiger partial charge in [-0.1, -0.05) is 13.8 Å². The molecule has 1 fully saturated rings. The van der Waals surface area contributed by atoms with Gasteiger partial charge in [0.2, 0.25) is 0 Å². The Kier molecular flexibility index (Phi) is 6.65. The van der Waals surface area contributed by atoms with E-state index in [1.807, 2.05) is 13.8 Å². The van der Waals surface area contributed by atoms with E-state index < -0.39 is 0 Å². The van der Waals surface area contributed by atoms with Crippen molar-refractivity contribution in [2.75, 3.05) is 33.3 Å². The molecular weight excluding hydrogens is 228 g/mol. The summed E-state index contributed by atoms with van der Waals surface area (Å²) in [5.74, 6) is 1.64. The molecule has 0 heterocycles. The largest absolute Gasteiger partial charge is 0.465 e. The Labute approximate surface area is 111 Å². The molecule has 0 bridgehead atoms. The van der Waals surface area contributed by atoms with Crippen molar-refractivity contribution in [1.82, 2.24) is 10.2 Å². The van der Waals surface area contributed by atoms with Gasteiger partial charge in [-0.05, 0) is 51.7 Å². The average Bonchev–Trinajstić information content (AvgIpc) is 3.00. The Morgan fingerprint density at radius 3 is 2.67 bits per heavy atom. The maximum atomic E-state index is 11.7. The summed E-state index contributed by atoms with van der Waals surface area (Å²) in [6.07, 6.45) is 2.18. The fourth-order valence-electron chi connectivity index (χ4n) is 2.29. The normalized spacial score (nSPS) is 24.1. The molecule has 0 aromatic rings. The predicted octanol–water partition coefficient (Wildman–Crippen LogP) is 1.51. The van der Waals surface area contributed by atoms with Crippen LogP contribution < -0.4 is 5.32 Å². The van der Waals surface area contributed by atoms with Crippen molar-refractivity contribution in [2.45, 2.75) is 39.7 Å². The molecule has 0 aliphatic heterocycles. The number of nitrogens with one attached hydrogen (secondary N) is 1. The smallest absolute Gasteiger partial charge is 0.323 e. The van der Waals surface area contributed by atoms with Gasteiger partial charge in [0.1, 0.15) is 6.04 Å². The number of likely N-dealkylation sites (N-methyl/N-ethyl adjacent to an activating group) is 1. The Morgan fingerprint density at radius 1 is 1.50 bits per heavy atom. The van der Waals surface area contributed by atoms with Crippen molar-refractivity contribution in [3.05, 3.63) is 0 Å². The van der Waals surface area contributed by atoms with Crippen molar-refractivity contribution < 1.29 is 9.53 Å². The summed E-state index contributed by atoms with van der Waals surface area (Å²) in [4.78, 5) is 14.1. The van der Waals surface area contributed by atoms with Gasteiger partial charge in [-0.2, -0.15) is 0 Å². The third-order valence-electron chi connectivity index (χ3n) is 3.64. The van der Waals surface area contributed by atoms with E-state index in [0.717, 1.165) is 37.9 Å². The molecule has 4 heteroatoms. The van der Waals surface area contributed by atoms with Gasteiger partial charge in [0.15, 0.2) is 0 Å². The number of carbonyl (C=O) groups is 1. The molecule has 1 rings (SSSR count). The fraction of sp³-hybridized carbons (Fsp3) is 0.929. The lowest BCUT2D eigenvalue weighted by Gasteiger charge is -2.21. The van der Waals surface area contributed by atoms with Crippen LogP contribution in [0.25, 0.3) is 0 Å². The Hall–Kier alpha value is -0.610. The Morgan fingerprint density at radius 2 is 2.17 bits per heavy atom. The lowest BCUT2D eigenvalue weighted by molar-refractivity contribution is -0.145. The number of esters is 1. The van der Waals surface area contributed by atoms with E-state index in [1.165, 1.54) is 6.42 Å². The third-order valence-corrected chi connectivity index (χ3v) is 3.64. The zero-order chi connectivity index (χ0) is 13.5. The van der Waals surface area contributed by atoms with Crippen LogP contribution in [0.5, 0.6) is 0 Å². The molecule has 1 aliphatic rings. The van der Waals surface area contributed by atoms with E-state index in [2.05, 4.69) is 24.2 Å². The molecule has 0 aromatic carbocycles. The molecule has 1 N–H and O–H groups in total. The van der Waals surface area contributed by atoms with E-state index in [4.69, 9.17) is 4.74 Å². The van der Waals surface area contributed by atoms with Gasteiger partial charge >= 0.3 is 5.97 Å². The van der Waals surface area contributed by atoms with Gasteiger partial charge in [0.05, 0.1) is 6.61 Å². The highest BCUT2D eigenvalue weighted by atomic mass is 16.5. The van der Waals surface area contributed by atoms with Crippen LogP contribution >= 0.6 is 0 Å². The first-order valence-corrected chi connectivity index (χ1v) is 7.17. The fourth-order valence-corrected chi connectivity index (χ4v) is 2.29. The summed E-state index contributed by atoms with van der Waals surface area (Å²) in [7, 11) is 2.14. The molecule has 1 saturated carbocycles. The van der Waals surface area contributed by atoms with Crippen LogP contribution in [0.4, 0.5) is 0 Å². The zero-order valence-corrected chi connectivity index (χ0v) is 12.2. The number of nitrogens with zero attached hydrogens (tertiary/aromatic N) is 1. The van der Waals surface area contributed by atoms with Crippen molar-refractivity contribution in [1.29, 1.82) is 0 Å². The van der Waals surface area contributed by atoms with Crippen molar-refractivity contribution in [3.63, 3.8) is 0 Å². The molecule has 3 unspecified atom stereocenters. The number of ether oxygens (including phenoxy) is 1. The van der Waals surface area contributed by atoms with Crippen molar-refractivity contribution in [2.24, 2.45) is 11.8 Å². The molecule has 18 heavy (non-hydrogen) atoms. The monoisotopic (exact) mass is 256 g/mol. The minimum absolute atomic E-state index is 0.118. The maximum absolute atomic E-state index is 11.7. The number of rotatable bonds is 9. The number of hydrogen-bond acceptors (Lipinski definition) is 4. The standard InChI is InChI=1S/C14H28N2O2/c1-5-15-13(14(17)18-6-2)7-8-16(4)10-12-9-11(12)3/h11-13,15H,5-10H2,1-4H3. The molecule has 4 nitrogen and oxygen atoms in total. The van der Waals surface area contributed by atoms with E-state index >= 15 is 0 Å². The average molecular weight is 256 g/mol. The van der Waals surface area contributed by atoms with Crippen LogP contribution in [0.15, 0.2) is 0 Å². The van der Waals surface area contributed by atoms with E-state index in [9.17, 15) is 4.79 Å². The lowest BCUT2D eigenvalue weighted by atomic mass is 10.2. The second-order valence-corrected chi connectivity index (χ2v) is 5.39. The zero-order valence-electron chi connectivity index (χ0n) is 12.2. The van der Waals surface area contributed by atoms with E-state index in [0.29, 0.717) is 6.61 Å². The number of hydrogen-bond donors (Lipinski definition) is 1. The molecule has 1 aliphatic carbocycles. The SMILES string of the molecule is CCNC(CCN(C)CC1CC1C)C(=O)OCC. The van der Waals surface area contributed by atoms with Gasteiger partial charge in [-0.3, -0.25) is 4.79 Å². The summed E-state index contributed by atoms with van der Waals surface area (Å²) in [5.41, 5.74) is 0. The highest BCUT2D eigenvalue weighted by Gasteiger charge is 2.33.